The summed E-state index contributed by atoms with van der Waals surface area (Å²) in [5.41, 5.74) is 1.58. The Hall–Kier alpha value is -1.62. The van der Waals surface area contributed by atoms with Crippen LogP contribution < -0.4 is 5.32 Å². The molecule has 0 radical (unpaired) electrons. The van der Waals surface area contributed by atoms with Crippen molar-refractivity contribution in [3.05, 3.63) is 42.7 Å². The summed E-state index contributed by atoms with van der Waals surface area (Å²) in [7, 11) is 0. The van der Waals surface area contributed by atoms with Crippen molar-refractivity contribution in [1.82, 2.24) is 9.78 Å². The van der Waals surface area contributed by atoms with Crippen molar-refractivity contribution in [3.8, 4) is 5.69 Å². The highest BCUT2D eigenvalue weighted by atomic mass is 79.9. The van der Waals surface area contributed by atoms with Crippen LogP contribution in [0.5, 0.6) is 0 Å². The molecule has 5 heteroatoms. The second-order valence-electron chi connectivity index (χ2n) is 4.39. The maximum absolute atomic E-state index is 12.0. The van der Waals surface area contributed by atoms with Gasteiger partial charge < -0.3 is 5.32 Å². The van der Waals surface area contributed by atoms with Crippen molar-refractivity contribution in [1.29, 1.82) is 0 Å². The number of carbonyl (C=O) groups excluding carboxylic acids is 1. The molecule has 0 saturated heterocycles. The number of hydrogen-bond acceptors (Lipinski definition) is 2. The minimum atomic E-state index is -0.607. The van der Waals surface area contributed by atoms with Gasteiger partial charge in [-0.15, -0.1) is 0 Å². The minimum Gasteiger partial charge on any atom is -0.323 e. The molecule has 0 saturated carbocycles. The van der Waals surface area contributed by atoms with Crippen LogP contribution in [-0.4, -0.2) is 20.0 Å². The van der Waals surface area contributed by atoms with Crippen LogP contribution in [0.1, 0.15) is 13.8 Å². The van der Waals surface area contributed by atoms with E-state index in [0.717, 1.165) is 11.4 Å². The number of alkyl halides is 1. The number of nitrogens with zero attached hydrogens (tertiary/aromatic N) is 2. The molecule has 18 heavy (non-hydrogen) atoms. The van der Waals surface area contributed by atoms with E-state index in [1.54, 1.807) is 24.7 Å². The largest absolute Gasteiger partial charge is 0.323 e. The Morgan fingerprint density at radius 2 is 2.06 bits per heavy atom. The number of aromatic nitrogens is 2. The Balaban J connectivity index is 2.32. The molecule has 0 spiro atoms. The van der Waals surface area contributed by atoms with Crippen LogP contribution in [0, 0.1) is 0 Å². The minimum absolute atomic E-state index is 0.0953. The van der Waals surface area contributed by atoms with Gasteiger partial charge in [-0.1, -0.05) is 28.1 Å². The normalized spacial score (nSPS) is 11.3. The molecule has 0 aliphatic rings. The van der Waals surface area contributed by atoms with E-state index in [2.05, 4.69) is 26.3 Å². The Kier molecular flexibility index (Phi) is 3.52. The van der Waals surface area contributed by atoms with E-state index in [1.165, 1.54) is 0 Å². The van der Waals surface area contributed by atoms with Gasteiger partial charge in [0.2, 0.25) is 5.91 Å². The molecule has 2 aromatic rings. The fraction of sp³-hybridized carbons (Fsp3) is 0.231. The molecule has 1 aromatic heterocycles. The SMILES string of the molecule is CC(C)(Br)C(=O)Nc1ccccc1-n1cccn1. The van der Waals surface area contributed by atoms with E-state index in [1.807, 2.05) is 36.5 Å². The van der Waals surface area contributed by atoms with Crippen molar-refractivity contribution in [2.45, 2.75) is 18.2 Å². The van der Waals surface area contributed by atoms with E-state index in [0.29, 0.717) is 0 Å². The fourth-order valence-corrected chi connectivity index (χ4v) is 1.56. The summed E-state index contributed by atoms with van der Waals surface area (Å²) < 4.78 is 1.11. The van der Waals surface area contributed by atoms with E-state index in [4.69, 9.17) is 0 Å². The number of para-hydroxylation sites is 2. The van der Waals surface area contributed by atoms with Crippen molar-refractivity contribution < 1.29 is 4.79 Å². The summed E-state index contributed by atoms with van der Waals surface area (Å²) in [6, 6.07) is 9.39. The summed E-state index contributed by atoms with van der Waals surface area (Å²) in [5.74, 6) is -0.0953. The van der Waals surface area contributed by atoms with Crippen LogP contribution in [0.4, 0.5) is 5.69 Å². The number of rotatable bonds is 3. The van der Waals surface area contributed by atoms with Gasteiger partial charge >= 0.3 is 0 Å². The van der Waals surface area contributed by atoms with Gasteiger partial charge in [0.1, 0.15) is 0 Å². The number of halogens is 1. The van der Waals surface area contributed by atoms with Gasteiger partial charge in [0, 0.05) is 12.4 Å². The van der Waals surface area contributed by atoms with Crippen LogP contribution in [0.2, 0.25) is 0 Å². The average Bonchev–Trinajstić information content (AvgIpc) is 2.82. The highest BCUT2D eigenvalue weighted by molar-refractivity contribution is 9.10. The first-order valence-corrected chi connectivity index (χ1v) is 6.37. The molecule has 1 amide bonds. The number of carbonyl (C=O) groups is 1. The van der Waals surface area contributed by atoms with Gasteiger partial charge in [0.15, 0.2) is 0 Å². The maximum Gasteiger partial charge on any atom is 0.240 e. The molecule has 0 fully saturated rings. The summed E-state index contributed by atoms with van der Waals surface area (Å²) in [5, 5.41) is 7.06. The van der Waals surface area contributed by atoms with E-state index in [-0.39, 0.29) is 5.91 Å². The molecule has 0 aliphatic carbocycles. The molecular weight excluding hydrogens is 294 g/mol. The molecule has 1 heterocycles. The smallest absolute Gasteiger partial charge is 0.240 e. The monoisotopic (exact) mass is 307 g/mol. The molecule has 0 atom stereocenters. The summed E-state index contributed by atoms with van der Waals surface area (Å²) in [6.07, 6.45) is 3.54. The first-order chi connectivity index (χ1) is 8.48. The zero-order valence-corrected chi connectivity index (χ0v) is 11.8. The lowest BCUT2D eigenvalue weighted by molar-refractivity contribution is -0.117. The second kappa shape index (κ2) is 4.94. The Labute approximate surface area is 114 Å². The number of nitrogens with one attached hydrogen (secondary N) is 1. The lowest BCUT2D eigenvalue weighted by atomic mass is 10.2. The topological polar surface area (TPSA) is 46.9 Å². The quantitative estimate of drug-likeness (QED) is 0.886. The lowest BCUT2D eigenvalue weighted by Gasteiger charge is -2.17. The number of benzene rings is 1. The summed E-state index contributed by atoms with van der Waals surface area (Å²) in [6.45, 7) is 3.61. The van der Waals surface area contributed by atoms with Crippen molar-refractivity contribution in [2.75, 3.05) is 5.32 Å². The third-order valence-electron chi connectivity index (χ3n) is 2.44. The van der Waals surface area contributed by atoms with Crippen LogP contribution in [0.3, 0.4) is 0 Å². The van der Waals surface area contributed by atoms with E-state index < -0.39 is 4.32 Å². The van der Waals surface area contributed by atoms with Crippen molar-refractivity contribution >= 4 is 27.5 Å². The predicted molar refractivity (Wildman–Crippen MR) is 75.2 cm³/mol. The highest BCUT2D eigenvalue weighted by Crippen LogP contribution is 2.23. The highest BCUT2D eigenvalue weighted by Gasteiger charge is 2.24. The molecule has 0 unspecified atom stereocenters. The van der Waals surface area contributed by atoms with Gasteiger partial charge in [-0.05, 0) is 32.0 Å². The molecule has 1 N–H and O–H groups in total. The third-order valence-corrected chi connectivity index (χ3v) is 2.80. The predicted octanol–water partition coefficient (Wildman–Crippen LogP) is 2.98. The lowest BCUT2D eigenvalue weighted by Crippen LogP contribution is -2.31. The Morgan fingerprint density at radius 1 is 1.33 bits per heavy atom. The standard InChI is InChI=1S/C13H14BrN3O/c1-13(2,14)12(18)16-10-6-3-4-7-11(10)17-9-5-8-15-17/h3-9H,1-2H3,(H,16,18). The molecule has 2 rings (SSSR count). The number of amides is 1. The molecule has 0 bridgehead atoms. The first-order valence-electron chi connectivity index (χ1n) is 5.58. The molecule has 94 valence electrons. The Morgan fingerprint density at radius 3 is 2.67 bits per heavy atom. The second-order valence-corrected chi connectivity index (χ2v) is 6.38. The average molecular weight is 308 g/mol. The van der Waals surface area contributed by atoms with Gasteiger partial charge in [-0.2, -0.15) is 5.10 Å². The van der Waals surface area contributed by atoms with E-state index in [9.17, 15) is 4.79 Å². The van der Waals surface area contributed by atoms with Crippen LogP contribution in [-0.2, 0) is 4.79 Å². The van der Waals surface area contributed by atoms with Gasteiger partial charge in [0.05, 0.1) is 15.7 Å². The zero-order chi connectivity index (χ0) is 13.2. The molecule has 0 aliphatic heterocycles. The maximum atomic E-state index is 12.0. The zero-order valence-electron chi connectivity index (χ0n) is 10.2. The van der Waals surface area contributed by atoms with Gasteiger partial charge in [-0.3, -0.25) is 4.79 Å². The van der Waals surface area contributed by atoms with Crippen molar-refractivity contribution in [3.63, 3.8) is 0 Å². The molecule has 1 aromatic carbocycles. The summed E-state index contributed by atoms with van der Waals surface area (Å²) >= 11 is 3.34. The van der Waals surface area contributed by atoms with E-state index >= 15 is 0 Å². The number of anilines is 1. The Bertz CT molecular complexity index is 544. The fourth-order valence-electron chi connectivity index (χ4n) is 1.46. The molecular formula is C13H14BrN3O. The first kappa shape index (κ1) is 12.8. The van der Waals surface area contributed by atoms with Crippen LogP contribution in [0.15, 0.2) is 42.7 Å². The van der Waals surface area contributed by atoms with Crippen LogP contribution in [0.25, 0.3) is 5.69 Å². The number of hydrogen-bond donors (Lipinski definition) is 1. The van der Waals surface area contributed by atoms with Crippen molar-refractivity contribution in [2.24, 2.45) is 0 Å². The molecule has 4 nitrogen and oxygen atoms in total. The summed E-state index contributed by atoms with van der Waals surface area (Å²) in [4.78, 5) is 12.0. The van der Waals surface area contributed by atoms with Gasteiger partial charge in [-0.25, -0.2) is 4.68 Å². The van der Waals surface area contributed by atoms with Gasteiger partial charge in [0.25, 0.3) is 0 Å². The third kappa shape index (κ3) is 2.79. The van der Waals surface area contributed by atoms with Crippen LogP contribution >= 0.6 is 15.9 Å².